The molecule has 1 aromatic carbocycles. The molecule has 0 aliphatic rings. The van der Waals surface area contributed by atoms with Crippen LogP contribution in [0.4, 0.5) is 0 Å². The highest BCUT2D eigenvalue weighted by Crippen LogP contribution is 2.07. The van der Waals surface area contributed by atoms with Crippen LogP contribution in [0.3, 0.4) is 0 Å². The molecule has 1 rings (SSSR count). The highest BCUT2D eigenvalue weighted by atomic mass is 13.9. The highest BCUT2D eigenvalue weighted by Gasteiger charge is 1.86. The Hall–Kier alpha value is -1.82. The van der Waals surface area contributed by atoms with Gasteiger partial charge < -0.3 is 0 Å². The van der Waals surface area contributed by atoms with Gasteiger partial charge in [0.05, 0.1) is 0 Å². The number of hydrogen-bond donors (Lipinski definition) is 0. The fourth-order valence-electron chi connectivity index (χ4n) is 1.69. The van der Waals surface area contributed by atoms with E-state index in [9.17, 15) is 0 Å². The average Bonchev–Trinajstić information content (AvgIpc) is 2.39. The second-order valence-electron chi connectivity index (χ2n) is 4.99. The maximum absolute atomic E-state index is 2.29. The van der Waals surface area contributed by atoms with Crippen LogP contribution in [0.5, 0.6) is 0 Å². The van der Waals surface area contributed by atoms with Crippen LogP contribution < -0.4 is 0 Å². The minimum Gasteiger partial charge on any atom is -0.0856 e. The third-order valence-electron chi connectivity index (χ3n) is 2.78. The van der Waals surface area contributed by atoms with Gasteiger partial charge in [0.15, 0.2) is 0 Å². The summed E-state index contributed by atoms with van der Waals surface area (Å²) in [6.07, 6.45) is 15.1. The van der Waals surface area contributed by atoms with Crippen molar-refractivity contribution in [2.75, 3.05) is 0 Å². The van der Waals surface area contributed by atoms with Gasteiger partial charge in [-0.25, -0.2) is 0 Å². The first-order chi connectivity index (χ1) is 9.18. The molecule has 0 atom stereocenters. The van der Waals surface area contributed by atoms with E-state index < -0.39 is 0 Å². The van der Waals surface area contributed by atoms with E-state index in [1.54, 1.807) is 0 Å². The summed E-state index contributed by atoms with van der Waals surface area (Å²) in [7, 11) is 0. The van der Waals surface area contributed by atoms with E-state index in [-0.39, 0.29) is 0 Å². The van der Waals surface area contributed by atoms with E-state index >= 15 is 0 Å². The molecule has 0 heteroatoms. The molecule has 0 aromatic heterocycles. The summed E-state index contributed by atoms with van der Waals surface area (Å²) < 4.78 is 0. The molecular weight excluding hydrogens is 228 g/mol. The van der Waals surface area contributed by atoms with E-state index in [4.69, 9.17) is 0 Å². The second-order valence-corrected chi connectivity index (χ2v) is 4.99. The summed E-state index contributed by atoms with van der Waals surface area (Å²) in [4.78, 5) is 0. The zero-order valence-electron chi connectivity index (χ0n) is 12.3. The third-order valence-corrected chi connectivity index (χ3v) is 2.78. The Morgan fingerprint density at radius 1 is 0.947 bits per heavy atom. The van der Waals surface area contributed by atoms with Gasteiger partial charge in [-0.2, -0.15) is 0 Å². The molecule has 0 amide bonds. The van der Waals surface area contributed by atoms with E-state index in [1.807, 2.05) is 6.07 Å². The van der Waals surface area contributed by atoms with Gasteiger partial charge in [-0.15, -0.1) is 0 Å². The molecule has 0 bridgehead atoms. The van der Waals surface area contributed by atoms with Gasteiger partial charge >= 0.3 is 0 Å². The van der Waals surface area contributed by atoms with Crippen LogP contribution >= 0.6 is 0 Å². The standard InChI is InChI=1S/C19H24/c1-17(2)11-10-13-18(3)12-6-4-7-14-19-15-8-5-9-16-19/h4-9,11-12,14-16H,10,13H2,1-3H3/b6-4+,14-7+,18-12+. The Balaban J connectivity index is 2.36. The SMILES string of the molecule is CC(C)=CCC/C(C)=C/C=C/C=C/c1ccccc1. The fraction of sp³-hybridized carbons (Fsp3) is 0.263. The van der Waals surface area contributed by atoms with Crippen LogP contribution in [0.25, 0.3) is 6.08 Å². The van der Waals surface area contributed by atoms with Crippen molar-refractivity contribution < 1.29 is 0 Å². The first kappa shape index (κ1) is 15.2. The van der Waals surface area contributed by atoms with Crippen molar-refractivity contribution >= 4 is 6.08 Å². The summed E-state index contributed by atoms with van der Waals surface area (Å²) in [6.45, 7) is 6.48. The van der Waals surface area contributed by atoms with E-state index in [0.717, 1.165) is 12.8 Å². The summed E-state index contributed by atoms with van der Waals surface area (Å²) in [5, 5.41) is 0. The maximum Gasteiger partial charge on any atom is -0.0257 e. The third kappa shape index (κ3) is 7.99. The van der Waals surface area contributed by atoms with E-state index in [1.165, 1.54) is 16.7 Å². The molecule has 0 fully saturated rings. The summed E-state index contributed by atoms with van der Waals surface area (Å²) in [5.74, 6) is 0. The highest BCUT2D eigenvalue weighted by molar-refractivity contribution is 5.50. The van der Waals surface area contributed by atoms with Crippen molar-refractivity contribution in [1.82, 2.24) is 0 Å². The summed E-state index contributed by atoms with van der Waals surface area (Å²) in [6, 6.07) is 10.3. The molecule has 19 heavy (non-hydrogen) atoms. The molecule has 0 saturated carbocycles. The lowest BCUT2D eigenvalue weighted by atomic mass is 10.1. The lowest BCUT2D eigenvalue weighted by Gasteiger charge is -1.96. The molecule has 0 N–H and O–H groups in total. The van der Waals surface area contributed by atoms with E-state index in [0.29, 0.717) is 0 Å². The lowest BCUT2D eigenvalue weighted by Crippen LogP contribution is -1.75. The second kappa shape index (κ2) is 9.16. The van der Waals surface area contributed by atoms with Crippen LogP contribution in [-0.4, -0.2) is 0 Å². The minimum absolute atomic E-state index is 1.14. The largest absolute Gasteiger partial charge is 0.0856 e. The quantitative estimate of drug-likeness (QED) is 0.433. The predicted molar refractivity (Wildman–Crippen MR) is 87.0 cm³/mol. The van der Waals surface area contributed by atoms with Crippen molar-refractivity contribution in [2.24, 2.45) is 0 Å². The number of benzene rings is 1. The van der Waals surface area contributed by atoms with Crippen LogP contribution in [-0.2, 0) is 0 Å². The van der Waals surface area contributed by atoms with Crippen LogP contribution in [0.1, 0.15) is 39.2 Å². The van der Waals surface area contributed by atoms with Gasteiger partial charge in [-0.05, 0) is 39.2 Å². The maximum atomic E-state index is 2.29. The fourth-order valence-corrected chi connectivity index (χ4v) is 1.69. The molecular formula is C19H24. The lowest BCUT2D eigenvalue weighted by molar-refractivity contribution is 0.967. The zero-order chi connectivity index (χ0) is 13.9. The molecule has 0 unspecified atom stereocenters. The predicted octanol–water partition coefficient (Wildman–Crippen LogP) is 5.95. The number of hydrogen-bond acceptors (Lipinski definition) is 0. The van der Waals surface area contributed by atoms with Crippen molar-refractivity contribution in [3.63, 3.8) is 0 Å². The zero-order valence-corrected chi connectivity index (χ0v) is 12.3. The first-order valence-electron chi connectivity index (χ1n) is 6.87. The Morgan fingerprint density at radius 3 is 2.37 bits per heavy atom. The van der Waals surface area contributed by atoms with Crippen LogP contribution in [0.2, 0.25) is 0 Å². The Morgan fingerprint density at radius 2 is 1.68 bits per heavy atom. The molecule has 0 radical (unpaired) electrons. The van der Waals surface area contributed by atoms with Gasteiger partial charge in [0.2, 0.25) is 0 Å². The number of allylic oxidation sites excluding steroid dienone is 7. The van der Waals surface area contributed by atoms with Crippen molar-refractivity contribution in [3.8, 4) is 0 Å². The normalized spacial score (nSPS) is 12.3. The average molecular weight is 252 g/mol. The Labute approximate surface area is 117 Å². The monoisotopic (exact) mass is 252 g/mol. The van der Waals surface area contributed by atoms with Crippen LogP contribution in [0.15, 0.2) is 71.9 Å². The molecule has 1 aromatic rings. The van der Waals surface area contributed by atoms with Gasteiger partial charge in [0, 0.05) is 0 Å². The molecule has 0 aliphatic carbocycles. The van der Waals surface area contributed by atoms with Gasteiger partial charge in [-0.3, -0.25) is 0 Å². The van der Waals surface area contributed by atoms with Gasteiger partial charge in [0.25, 0.3) is 0 Å². The molecule has 0 aliphatic heterocycles. The van der Waals surface area contributed by atoms with Crippen molar-refractivity contribution in [2.45, 2.75) is 33.6 Å². The smallest absolute Gasteiger partial charge is 0.0257 e. The Bertz CT molecular complexity index is 466. The Kier molecular flexibility index (Phi) is 7.34. The van der Waals surface area contributed by atoms with Crippen molar-refractivity contribution in [1.29, 1.82) is 0 Å². The van der Waals surface area contributed by atoms with Crippen molar-refractivity contribution in [3.05, 3.63) is 77.4 Å². The topological polar surface area (TPSA) is 0 Å². The number of rotatable bonds is 6. The molecule has 0 saturated heterocycles. The van der Waals surface area contributed by atoms with Crippen LogP contribution in [0, 0.1) is 0 Å². The molecule has 0 spiro atoms. The van der Waals surface area contributed by atoms with Gasteiger partial charge in [-0.1, -0.05) is 77.9 Å². The molecule has 0 nitrogen and oxygen atoms in total. The summed E-state index contributed by atoms with van der Waals surface area (Å²) in [5.41, 5.74) is 4.05. The molecule has 0 heterocycles. The van der Waals surface area contributed by atoms with Gasteiger partial charge in [0.1, 0.15) is 0 Å². The first-order valence-corrected chi connectivity index (χ1v) is 6.87. The van der Waals surface area contributed by atoms with E-state index in [2.05, 4.69) is 81.5 Å². The molecule has 100 valence electrons. The minimum atomic E-state index is 1.14. The summed E-state index contributed by atoms with van der Waals surface area (Å²) >= 11 is 0.